The van der Waals surface area contributed by atoms with Gasteiger partial charge in [0.2, 0.25) is 0 Å². The van der Waals surface area contributed by atoms with Crippen LogP contribution in [0.25, 0.3) is 21.3 Å². The summed E-state index contributed by atoms with van der Waals surface area (Å²) in [7, 11) is 0. The number of carbonyl (C=O) groups excluding carboxylic acids is 3. The minimum absolute atomic E-state index is 0.158. The van der Waals surface area contributed by atoms with Gasteiger partial charge < -0.3 is 23.9 Å². The van der Waals surface area contributed by atoms with Crippen LogP contribution >= 0.6 is 22.9 Å². The number of hydrogen-bond donors (Lipinski definition) is 1. The highest BCUT2D eigenvalue weighted by Gasteiger charge is 2.52. The van der Waals surface area contributed by atoms with E-state index in [2.05, 4.69) is 4.98 Å². The van der Waals surface area contributed by atoms with E-state index in [-0.39, 0.29) is 21.4 Å². The van der Waals surface area contributed by atoms with Gasteiger partial charge in [-0.15, -0.1) is 11.3 Å². The number of fused-ring (bicyclic) bond motifs is 1. The molecular formula is C38H27ClN2O9S. The van der Waals surface area contributed by atoms with Crippen LogP contribution in [0.2, 0.25) is 5.02 Å². The maximum absolute atomic E-state index is 14.2. The molecule has 2 aromatic heterocycles. The first-order chi connectivity index (χ1) is 24.8. The van der Waals surface area contributed by atoms with E-state index >= 15 is 0 Å². The molecule has 3 heterocycles. The molecule has 11 nitrogen and oxygen atoms in total. The van der Waals surface area contributed by atoms with Crippen molar-refractivity contribution in [1.82, 2.24) is 9.55 Å². The number of aromatic amines is 1. The molecule has 1 fully saturated rings. The van der Waals surface area contributed by atoms with Crippen molar-refractivity contribution in [2.45, 2.75) is 24.5 Å². The second kappa shape index (κ2) is 14.6. The van der Waals surface area contributed by atoms with Crippen molar-refractivity contribution in [3.05, 3.63) is 163 Å². The third-order valence-corrected chi connectivity index (χ3v) is 9.46. The molecule has 13 heteroatoms. The molecule has 1 aliphatic rings. The maximum Gasteiger partial charge on any atom is 0.338 e. The van der Waals surface area contributed by atoms with Gasteiger partial charge in [-0.2, -0.15) is 0 Å². The second-order valence-electron chi connectivity index (χ2n) is 11.5. The Morgan fingerprint density at radius 2 is 1.25 bits per heavy atom. The zero-order valence-electron chi connectivity index (χ0n) is 26.5. The minimum Gasteiger partial charge on any atom is -0.459 e. The van der Waals surface area contributed by atoms with Crippen LogP contribution in [0.1, 0.15) is 37.3 Å². The number of ether oxygens (including phenoxy) is 4. The predicted octanol–water partition coefficient (Wildman–Crippen LogP) is 6.28. The molecule has 1 N–H and O–H groups in total. The van der Waals surface area contributed by atoms with Crippen LogP contribution in [-0.4, -0.2) is 52.4 Å². The van der Waals surface area contributed by atoms with Crippen molar-refractivity contribution in [1.29, 1.82) is 0 Å². The molecule has 0 spiro atoms. The summed E-state index contributed by atoms with van der Waals surface area (Å²) in [4.78, 5) is 70.7. The zero-order chi connectivity index (χ0) is 35.5. The number of benzene rings is 4. The van der Waals surface area contributed by atoms with Gasteiger partial charge in [0.1, 0.15) is 17.4 Å². The average Bonchev–Trinajstić information content (AvgIpc) is 3.73. The van der Waals surface area contributed by atoms with Gasteiger partial charge in [0.05, 0.1) is 22.2 Å². The molecule has 4 atom stereocenters. The summed E-state index contributed by atoms with van der Waals surface area (Å²) in [6, 6.07) is 31.2. The monoisotopic (exact) mass is 722 g/mol. The standard InChI is InChI=1S/C38H27ClN2O9S/c39-26-18-16-22(17-19-26)27-21-51-32-29(27)40-38(46)41(33(32)42)34-31(50-37(45)25-14-8-3-9-15-25)30(49-36(44)24-12-6-2-7-13-24)28(48-34)20-47-35(43)23-10-4-1-5-11-23/h1-19,21,28,30-31,34H,20H2,(H,40,46)/t28-,30-,31-,34-/m1/s1. The molecule has 1 saturated heterocycles. The number of thiophene rings is 1. The summed E-state index contributed by atoms with van der Waals surface area (Å²) >= 11 is 7.17. The van der Waals surface area contributed by atoms with E-state index < -0.39 is 60.3 Å². The lowest BCUT2D eigenvalue weighted by molar-refractivity contribution is -0.0650. The predicted molar refractivity (Wildman–Crippen MR) is 189 cm³/mol. The molecule has 0 unspecified atom stereocenters. The highest BCUT2D eigenvalue weighted by Crippen LogP contribution is 2.36. The lowest BCUT2D eigenvalue weighted by Crippen LogP contribution is -2.45. The van der Waals surface area contributed by atoms with E-state index in [1.54, 1.807) is 96.4 Å². The summed E-state index contributed by atoms with van der Waals surface area (Å²) in [6.07, 6.45) is -5.86. The highest BCUT2D eigenvalue weighted by atomic mass is 35.5. The van der Waals surface area contributed by atoms with Gasteiger partial charge in [-0.1, -0.05) is 78.3 Å². The van der Waals surface area contributed by atoms with E-state index in [0.717, 1.165) is 21.5 Å². The number of nitrogens with zero attached hydrogens (tertiary/aromatic N) is 1. The van der Waals surface area contributed by atoms with E-state index in [1.807, 2.05) is 0 Å². The Hall–Kier alpha value is -5.82. The molecule has 4 aromatic carbocycles. The highest BCUT2D eigenvalue weighted by molar-refractivity contribution is 7.17. The molecule has 1 aliphatic heterocycles. The third kappa shape index (κ3) is 6.97. The van der Waals surface area contributed by atoms with Gasteiger partial charge in [-0.3, -0.25) is 4.79 Å². The zero-order valence-corrected chi connectivity index (χ0v) is 28.0. The van der Waals surface area contributed by atoms with Crippen molar-refractivity contribution in [2.75, 3.05) is 6.61 Å². The quantitative estimate of drug-likeness (QED) is 0.135. The molecule has 7 rings (SSSR count). The summed E-state index contributed by atoms with van der Waals surface area (Å²) in [5.41, 5.74) is 0.603. The normalized spacial score (nSPS) is 18.3. The number of carbonyl (C=O) groups is 3. The molecule has 0 saturated carbocycles. The van der Waals surface area contributed by atoms with Crippen molar-refractivity contribution >= 4 is 51.1 Å². The fourth-order valence-electron chi connectivity index (χ4n) is 5.75. The van der Waals surface area contributed by atoms with Crippen LogP contribution < -0.4 is 11.2 Å². The summed E-state index contributed by atoms with van der Waals surface area (Å²) in [5, 5.41) is 2.25. The molecule has 0 amide bonds. The first kappa shape index (κ1) is 33.7. The van der Waals surface area contributed by atoms with Gasteiger partial charge >= 0.3 is 23.6 Å². The molecule has 0 bridgehead atoms. The Morgan fingerprint density at radius 1 is 0.725 bits per heavy atom. The third-order valence-electron chi connectivity index (χ3n) is 8.24. The van der Waals surface area contributed by atoms with Crippen molar-refractivity contribution in [2.24, 2.45) is 0 Å². The van der Waals surface area contributed by atoms with Gasteiger partial charge in [0.15, 0.2) is 18.4 Å². The first-order valence-electron chi connectivity index (χ1n) is 15.7. The number of H-pyrrole nitrogens is 1. The Labute approximate surface area is 298 Å². The van der Waals surface area contributed by atoms with E-state index in [1.165, 1.54) is 24.3 Å². The number of esters is 3. The number of nitrogens with one attached hydrogen (secondary N) is 1. The average molecular weight is 723 g/mol. The molecule has 6 aromatic rings. The second-order valence-corrected chi connectivity index (χ2v) is 12.8. The lowest BCUT2D eigenvalue weighted by Gasteiger charge is -2.24. The summed E-state index contributed by atoms with van der Waals surface area (Å²) < 4.78 is 24.7. The van der Waals surface area contributed by atoms with Crippen molar-refractivity contribution in [3.8, 4) is 11.1 Å². The van der Waals surface area contributed by atoms with Gasteiger partial charge in [-0.25, -0.2) is 23.7 Å². The van der Waals surface area contributed by atoms with Crippen LogP contribution in [0.3, 0.4) is 0 Å². The smallest absolute Gasteiger partial charge is 0.338 e. The molecule has 0 radical (unpaired) electrons. The molecular weight excluding hydrogens is 696 g/mol. The minimum atomic E-state index is -1.60. The Kier molecular flexibility index (Phi) is 9.62. The SMILES string of the molecule is O=C(OC[C@H]1O[C@@H](n2c(=O)[nH]c3c(-c4ccc(Cl)cc4)csc3c2=O)[C@H](OC(=O)c2ccccc2)[C@@H]1OC(=O)c1ccccc1)c1ccccc1. The van der Waals surface area contributed by atoms with Crippen LogP contribution in [0.4, 0.5) is 0 Å². The Balaban J connectivity index is 1.30. The lowest BCUT2D eigenvalue weighted by atomic mass is 10.1. The fraction of sp³-hybridized carbons (Fsp3) is 0.132. The topological polar surface area (TPSA) is 143 Å². The Morgan fingerprint density at radius 3 is 1.82 bits per heavy atom. The van der Waals surface area contributed by atoms with E-state index in [9.17, 15) is 24.0 Å². The van der Waals surface area contributed by atoms with E-state index in [4.69, 9.17) is 30.5 Å². The number of hydrogen-bond acceptors (Lipinski definition) is 10. The van der Waals surface area contributed by atoms with Gasteiger partial charge in [-0.05, 0) is 54.1 Å². The number of halogens is 1. The van der Waals surface area contributed by atoms with Crippen molar-refractivity contribution < 1.29 is 33.3 Å². The van der Waals surface area contributed by atoms with E-state index in [0.29, 0.717) is 16.1 Å². The number of rotatable bonds is 9. The first-order valence-corrected chi connectivity index (χ1v) is 17.0. The summed E-state index contributed by atoms with van der Waals surface area (Å²) in [5.74, 6) is -2.32. The van der Waals surface area contributed by atoms with Crippen molar-refractivity contribution in [3.63, 3.8) is 0 Å². The molecule has 0 aliphatic carbocycles. The van der Waals surface area contributed by atoms with Crippen LogP contribution in [-0.2, 0) is 18.9 Å². The number of aromatic nitrogens is 2. The molecule has 51 heavy (non-hydrogen) atoms. The van der Waals surface area contributed by atoms with Gasteiger partial charge in [0, 0.05) is 16.0 Å². The molecule has 256 valence electrons. The van der Waals surface area contributed by atoms with Crippen LogP contribution in [0, 0.1) is 0 Å². The largest absolute Gasteiger partial charge is 0.459 e. The van der Waals surface area contributed by atoms with Gasteiger partial charge in [0.25, 0.3) is 5.56 Å². The summed E-state index contributed by atoms with van der Waals surface area (Å²) in [6.45, 7) is -0.481. The van der Waals surface area contributed by atoms with Crippen LogP contribution in [0.15, 0.2) is 130 Å². The van der Waals surface area contributed by atoms with Crippen LogP contribution in [0.5, 0.6) is 0 Å². The fourth-order valence-corrected chi connectivity index (χ4v) is 6.84. The maximum atomic E-state index is 14.2. The Bertz CT molecular complexity index is 2330.